The first-order valence-corrected chi connectivity index (χ1v) is 7.56. The van der Waals surface area contributed by atoms with Crippen LogP contribution in [0, 0.1) is 0 Å². The number of hydrogen-bond acceptors (Lipinski definition) is 6. The molecule has 126 valence electrons. The van der Waals surface area contributed by atoms with Crippen molar-refractivity contribution in [3.8, 4) is 5.75 Å². The van der Waals surface area contributed by atoms with Gasteiger partial charge in [-0.25, -0.2) is 9.78 Å². The summed E-state index contributed by atoms with van der Waals surface area (Å²) in [6, 6.07) is 8.85. The van der Waals surface area contributed by atoms with Crippen LogP contribution in [-0.2, 0) is 6.54 Å². The van der Waals surface area contributed by atoms with Gasteiger partial charge in [-0.05, 0) is 38.4 Å². The summed E-state index contributed by atoms with van der Waals surface area (Å²) in [5, 5.41) is 12.5. The zero-order chi connectivity index (χ0) is 17.3. The molecule has 1 aliphatic heterocycles. The normalized spacial score (nSPS) is 16.0. The number of carboxylic acids is 1. The molecule has 1 unspecified atom stereocenters. The molecule has 2 N–H and O–H groups in total. The molecule has 2 heterocycles. The van der Waals surface area contributed by atoms with Crippen LogP contribution in [0.3, 0.4) is 0 Å². The third-order valence-electron chi connectivity index (χ3n) is 4.02. The van der Waals surface area contributed by atoms with Crippen molar-refractivity contribution >= 4 is 17.5 Å². The van der Waals surface area contributed by atoms with E-state index >= 15 is 0 Å². The summed E-state index contributed by atoms with van der Waals surface area (Å²) in [4.78, 5) is 19.7. The number of ether oxygens (including phenoxy) is 1. The molecular weight excluding hydrogens is 308 g/mol. The lowest BCUT2D eigenvalue weighted by Gasteiger charge is -2.31. The molecule has 7 heteroatoms. The molecule has 1 atom stereocenters. The third-order valence-corrected chi connectivity index (χ3v) is 4.02. The highest BCUT2D eigenvalue weighted by Crippen LogP contribution is 2.35. The Kier molecular flexibility index (Phi) is 4.26. The number of benzene rings is 1. The van der Waals surface area contributed by atoms with E-state index in [2.05, 4.69) is 20.1 Å². The van der Waals surface area contributed by atoms with Gasteiger partial charge in [0.25, 0.3) is 0 Å². The third kappa shape index (κ3) is 2.85. The van der Waals surface area contributed by atoms with E-state index in [0.717, 1.165) is 17.1 Å². The maximum absolute atomic E-state index is 11.1. The minimum Gasteiger partial charge on any atom is -0.496 e. The van der Waals surface area contributed by atoms with Gasteiger partial charge < -0.3 is 20.1 Å². The summed E-state index contributed by atoms with van der Waals surface area (Å²) in [5.41, 5.74) is 2.12. The Morgan fingerprint density at radius 1 is 1.42 bits per heavy atom. The number of fused-ring (bicyclic) bond motifs is 1. The number of carboxylic acid groups (broad SMARTS) is 1. The monoisotopic (exact) mass is 328 g/mol. The smallest absolute Gasteiger partial charge is 0.335 e. The van der Waals surface area contributed by atoms with E-state index in [0.29, 0.717) is 12.3 Å². The molecule has 0 bridgehead atoms. The van der Waals surface area contributed by atoms with E-state index in [1.54, 1.807) is 31.5 Å². The van der Waals surface area contributed by atoms with Gasteiger partial charge in [0.1, 0.15) is 5.75 Å². The molecule has 0 radical (unpaired) electrons. The van der Waals surface area contributed by atoms with Crippen molar-refractivity contribution in [1.29, 1.82) is 0 Å². The van der Waals surface area contributed by atoms with Gasteiger partial charge in [-0.15, -0.1) is 0 Å². The van der Waals surface area contributed by atoms with E-state index in [-0.39, 0.29) is 11.9 Å². The fourth-order valence-corrected chi connectivity index (χ4v) is 2.84. The second-order valence-corrected chi connectivity index (χ2v) is 5.81. The molecule has 2 aromatic rings. The number of methoxy groups -OCH3 is 1. The van der Waals surface area contributed by atoms with Gasteiger partial charge in [0.2, 0.25) is 0 Å². The SMILES string of the molecule is COc1cc(C(=O)O)ccc1CN1c2cccnc2NC1N(C)C. The number of aromatic nitrogens is 1. The first-order valence-electron chi connectivity index (χ1n) is 7.56. The highest BCUT2D eigenvalue weighted by molar-refractivity contribution is 5.88. The largest absolute Gasteiger partial charge is 0.496 e. The van der Waals surface area contributed by atoms with Gasteiger partial charge in [-0.3, -0.25) is 4.90 Å². The van der Waals surface area contributed by atoms with Crippen LogP contribution < -0.4 is 15.0 Å². The summed E-state index contributed by atoms with van der Waals surface area (Å²) in [6.07, 6.45) is 1.71. The number of aromatic carboxylic acids is 1. The molecule has 1 aliphatic rings. The number of rotatable bonds is 5. The summed E-state index contributed by atoms with van der Waals surface area (Å²) in [6.45, 7) is 0.567. The first-order chi connectivity index (χ1) is 11.5. The van der Waals surface area contributed by atoms with E-state index < -0.39 is 5.97 Å². The van der Waals surface area contributed by atoms with E-state index in [1.165, 1.54) is 0 Å². The second kappa shape index (κ2) is 6.37. The zero-order valence-electron chi connectivity index (χ0n) is 13.9. The minimum atomic E-state index is -0.969. The number of anilines is 2. The standard InChI is InChI=1S/C17H20N4O3/c1-20(2)17-19-15-13(5-4-8-18-15)21(17)10-12-7-6-11(16(22)23)9-14(12)24-3/h4-9,17H,10H2,1-3H3,(H,18,19)(H,22,23). The van der Waals surface area contributed by atoms with Crippen LogP contribution in [0.1, 0.15) is 15.9 Å². The van der Waals surface area contributed by atoms with Gasteiger partial charge in [0.15, 0.2) is 12.1 Å². The Bertz CT molecular complexity index is 763. The van der Waals surface area contributed by atoms with Gasteiger partial charge in [-0.2, -0.15) is 0 Å². The molecule has 0 saturated heterocycles. The Hall–Kier alpha value is -2.80. The first kappa shape index (κ1) is 16.1. The van der Waals surface area contributed by atoms with Crippen molar-refractivity contribution in [2.24, 2.45) is 0 Å². The van der Waals surface area contributed by atoms with Crippen LogP contribution in [0.4, 0.5) is 11.5 Å². The molecular formula is C17H20N4O3. The van der Waals surface area contributed by atoms with E-state index in [1.807, 2.05) is 26.2 Å². The van der Waals surface area contributed by atoms with Crippen LogP contribution in [0.25, 0.3) is 0 Å². The predicted molar refractivity (Wildman–Crippen MR) is 91.5 cm³/mol. The topological polar surface area (TPSA) is 77.9 Å². The summed E-state index contributed by atoms with van der Waals surface area (Å²) >= 11 is 0. The van der Waals surface area contributed by atoms with Gasteiger partial charge in [-0.1, -0.05) is 6.07 Å². The highest BCUT2D eigenvalue weighted by Gasteiger charge is 2.31. The lowest BCUT2D eigenvalue weighted by molar-refractivity contribution is 0.0696. The predicted octanol–water partition coefficient (Wildman–Crippen LogP) is 2.07. The van der Waals surface area contributed by atoms with Crippen LogP contribution >= 0.6 is 0 Å². The molecule has 1 aromatic heterocycles. The molecule has 1 aromatic carbocycles. The Morgan fingerprint density at radius 3 is 2.88 bits per heavy atom. The van der Waals surface area contributed by atoms with E-state index in [4.69, 9.17) is 9.84 Å². The molecule has 3 rings (SSSR count). The summed E-state index contributed by atoms with van der Waals surface area (Å²) < 4.78 is 5.39. The molecule has 24 heavy (non-hydrogen) atoms. The number of hydrogen-bond donors (Lipinski definition) is 2. The maximum Gasteiger partial charge on any atom is 0.335 e. The Morgan fingerprint density at radius 2 is 2.21 bits per heavy atom. The molecule has 0 amide bonds. The number of carbonyl (C=O) groups is 1. The van der Waals surface area contributed by atoms with Crippen LogP contribution in [0.2, 0.25) is 0 Å². The van der Waals surface area contributed by atoms with Crippen molar-refractivity contribution in [3.63, 3.8) is 0 Å². The van der Waals surface area contributed by atoms with Gasteiger partial charge in [0, 0.05) is 11.8 Å². The van der Waals surface area contributed by atoms with Crippen molar-refractivity contribution in [3.05, 3.63) is 47.7 Å². The maximum atomic E-state index is 11.1. The molecule has 0 saturated carbocycles. The molecule has 0 spiro atoms. The van der Waals surface area contributed by atoms with Crippen molar-refractivity contribution in [1.82, 2.24) is 9.88 Å². The molecule has 0 fully saturated rings. The number of pyridine rings is 1. The number of nitrogens with zero attached hydrogens (tertiary/aromatic N) is 3. The fourth-order valence-electron chi connectivity index (χ4n) is 2.84. The van der Waals surface area contributed by atoms with Crippen LogP contribution in [0.5, 0.6) is 5.75 Å². The Balaban J connectivity index is 1.95. The van der Waals surface area contributed by atoms with Crippen LogP contribution in [0.15, 0.2) is 36.5 Å². The lowest BCUT2D eigenvalue weighted by atomic mass is 10.1. The highest BCUT2D eigenvalue weighted by atomic mass is 16.5. The molecule has 0 aliphatic carbocycles. The van der Waals surface area contributed by atoms with Crippen molar-refractivity contribution in [2.45, 2.75) is 12.8 Å². The van der Waals surface area contributed by atoms with E-state index in [9.17, 15) is 4.79 Å². The average Bonchev–Trinajstić information content (AvgIpc) is 2.94. The zero-order valence-corrected chi connectivity index (χ0v) is 13.9. The van der Waals surface area contributed by atoms with Gasteiger partial charge >= 0.3 is 5.97 Å². The average molecular weight is 328 g/mol. The van der Waals surface area contributed by atoms with Gasteiger partial charge in [0.05, 0.1) is 24.9 Å². The quantitative estimate of drug-likeness (QED) is 0.870. The lowest BCUT2D eigenvalue weighted by Crippen LogP contribution is -2.46. The fraction of sp³-hybridized carbons (Fsp3) is 0.294. The minimum absolute atomic E-state index is 0.0428. The number of nitrogens with one attached hydrogen (secondary N) is 1. The van der Waals surface area contributed by atoms with Crippen molar-refractivity contribution in [2.75, 3.05) is 31.4 Å². The van der Waals surface area contributed by atoms with Crippen molar-refractivity contribution < 1.29 is 14.6 Å². The second-order valence-electron chi connectivity index (χ2n) is 5.81. The Labute approximate surface area is 140 Å². The van der Waals surface area contributed by atoms with Crippen LogP contribution in [-0.4, -0.2) is 48.5 Å². The summed E-state index contributed by atoms with van der Waals surface area (Å²) in [7, 11) is 5.52. The molecule has 7 nitrogen and oxygen atoms in total. The summed E-state index contributed by atoms with van der Waals surface area (Å²) in [5.74, 6) is 0.422.